The molecule has 2 amide bonds. The van der Waals surface area contributed by atoms with Crippen LogP contribution in [0.15, 0.2) is 54.6 Å². The van der Waals surface area contributed by atoms with Gasteiger partial charge in [0.1, 0.15) is 0 Å². The maximum Gasteiger partial charge on any atom is 0.322 e. The van der Waals surface area contributed by atoms with Crippen molar-refractivity contribution in [2.75, 3.05) is 5.32 Å². The van der Waals surface area contributed by atoms with Gasteiger partial charge in [0, 0.05) is 18.3 Å². The summed E-state index contributed by atoms with van der Waals surface area (Å²) in [6, 6.07) is 18.9. The van der Waals surface area contributed by atoms with Gasteiger partial charge in [-0.05, 0) is 37.5 Å². The van der Waals surface area contributed by atoms with Gasteiger partial charge >= 0.3 is 6.03 Å². The Balaban J connectivity index is 2.08. The Morgan fingerprint density at radius 3 is 1.85 bits per heavy atom. The standard InChI is InChI=1S/C31H48N2O/c1-4-6-8-10-11-12-17-21-30(20-16-9-7-5-2)33(26-28-18-14-13-15-19-28)31(34)32-29-24-22-27(3)23-25-29/h13-15,18-19,22-25,30H,4-12,16-17,20-21,26H2,1-3H3,(H,32,34). The average Bonchev–Trinajstić information content (AvgIpc) is 2.85. The molecule has 3 heteroatoms. The van der Waals surface area contributed by atoms with Crippen LogP contribution in [0.25, 0.3) is 0 Å². The highest BCUT2D eigenvalue weighted by atomic mass is 16.2. The Kier molecular flexibility index (Phi) is 14.1. The molecule has 0 radical (unpaired) electrons. The van der Waals surface area contributed by atoms with Crippen molar-refractivity contribution >= 4 is 11.7 Å². The number of carbonyl (C=O) groups is 1. The van der Waals surface area contributed by atoms with Crippen LogP contribution in [0.5, 0.6) is 0 Å². The molecule has 2 aromatic carbocycles. The van der Waals surface area contributed by atoms with Crippen LogP contribution in [0.3, 0.4) is 0 Å². The van der Waals surface area contributed by atoms with Crippen LogP contribution in [0.1, 0.15) is 108 Å². The average molecular weight is 465 g/mol. The van der Waals surface area contributed by atoms with Gasteiger partial charge in [0.25, 0.3) is 0 Å². The van der Waals surface area contributed by atoms with Crippen LogP contribution in [0.4, 0.5) is 10.5 Å². The first kappa shape index (κ1) is 28.0. The highest BCUT2D eigenvalue weighted by Crippen LogP contribution is 2.22. The molecule has 0 heterocycles. The Labute approximate surface area is 209 Å². The summed E-state index contributed by atoms with van der Waals surface area (Å²) in [5.74, 6) is 0. The van der Waals surface area contributed by atoms with E-state index in [1.807, 2.05) is 18.2 Å². The summed E-state index contributed by atoms with van der Waals surface area (Å²) in [6.07, 6.45) is 16.3. The molecule has 1 atom stereocenters. The molecule has 2 rings (SSSR count). The zero-order valence-electron chi connectivity index (χ0n) is 22.0. The fourth-order valence-electron chi connectivity index (χ4n) is 4.58. The molecule has 0 saturated heterocycles. The highest BCUT2D eigenvalue weighted by molar-refractivity contribution is 5.89. The Morgan fingerprint density at radius 2 is 1.26 bits per heavy atom. The van der Waals surface area contributed by atoms with Gasteiger partial charge in [-0.2, -0.15) is 0 Å². The second-order valence-electron chi connectivity index (χ2n) is 9.82. The lowest BCUT2D eigenvalue weighted by molar-refractivity contribution is 0.171. The first-order valence-corrected chi connectivity index (χ1v) is 13.8. The molecule has 2 aromatic rings. The van der Waals surface area contributed by atoms with E-state index in [4.69, 9.17) is 0 Å². The minimum atomic E-state index is 0.0242. The van der Waals surface area contributed by atoms with Crippen molar-refractivity contribution in [3.8, 4) is 0 Å². The number of anilines is 1. The Morgan fingerprint density at radius 1 is 0.735 bits per heavy atom. The summed E-state index contributed by atoms with van der Waals surface area (Å²) in [4.78, 5) is 15.7. The summed E-state index contributed by atoms with van der Waals surface area (Å²) in [5, 5.41) is 3.18. The first-order chi connectivity index (χ1) is 16.6. The molecule has 0 aliphatic heterocycles. The predicted molar refractivity (Wildman–Crippen MR) is 147 cm³/mol. The topological polar surface area (TPSA) is 32.3 Å². The number of urea groups is 1. The molecular formula is C31H48N2O. The summed E-state index contributed by atoms with van der Waals surface area (Å²) < 4.78 is 0. The van der Waals surface area contributed by atoms with E-state index in [9.17, 15) is 4.79 Å². The number of amides is 2. The first-order valence-electron chi connectivity index (χ1n) is 13.8. The number of benzene rings is 2. The van der Waals surface area contributed by atoms with Gasteiger partial charge in [0.2, 0.25) is 0 Å². The van der Waals surface area contributed by atoms with Gasteiger partial charge in [0.05, 0.1) is 0 Å². The van der Waals surface area contributed by atoms with Crippen LogP contribution in [-0.4, -0.2) is 17.0 Å². The fourth-order valence-corrected chi connectivity index (χ4v) is 4.58. The molecule has 188 valence electrons. The van der Waals surface area contributed by atoms with E-state index in [2.05, 4.69) is 67.4 Å². The minimum absolute atomic E-state index is 0.0242. The van der Waals surface area contributed by atoms with E-state index >= 15 is 0 Å². The normalized spacial score (nSPS) is 11.9. The van der Waals surface area contributed by atoms with E-state index in [1.165, 1.54) is 81.8 Å². The second kappa shape index (κ2) is 17.2. The van der Waals surface area contributed by atoms with Crippen molar-refractivity contribution in [2.45, 2.75) is 117 Å². The van der Waals surface area contributed by atoms with Crippen molar-refractivity contribution in [3.63, 3.8) is 0 Å². The van der Waals surface area contributed by atoms with Crippen molar-refractivity contribution in [2.24, 2.45) is 0 Å². The maximum absolute atomic E-state index is 13.6. The fraction of sp³-hybridized carbons (Fsp3) is 0.581. The van der Waals surface area contributed by atoms with Gasteiger partial charge in [-0.1, -0.05) is 133 Å². The van der Waals surface area contributed by atoms with Gasteiger partial charge in [-0.3, -0.25) is 0 Å². The number of nitrogens with one attached hydrogen (secondary N) is 1. The third-order valence-electron chi connectivity index (χ3n) is 6.73. The molecule has 0 aliphatic rings. The molecule has 0 bridgehead atoms. The molecule has 34 heavy (non-hydrogen) atoms. The van der Waals surface area contributed by atoms with Gasteiger partial charge < -0.3 is 10.2 Å². The molecule has 0 spiro atoms. The summed E-state index contributed by atoms with van der Waals surface area (Å²) >= 11 is 0. The molecule has 0 fully saturated rings. The van der Waals surface area contributed by atoms with Crippen LogP contribution in [0, 0.1) is 6.92 Å². The Bertz CT molecular complexity index is 772. The van der Waals surface area contributed by atoms with Crippen LogP contribution < -0.4 is 5.32 Å². The molecular weight excluding hydrogens is 416 g/mol. The summed E-state index contributed by atoms with van der Waals surface area (Å²) in [5.41, 5.74) is 3.26. The van der Waals surface area contributed by atoms with Crippen LogP contribution in [-0.2, 0) is 6.54 Å². The van der Waals surface area contributed by atoms with E-state index < -0.39 is 0 Å². The van der Waals surface area contributed by atoms with Crippen LogP contribution in [0.2, 0.25) is 0 Å². The van der Waals surface area contributed by atoms with E-state index in [0.29, 0.717) is 6.54 Å². The quantitative estimate of drug-likeness (QED) is 0.232. The summed E-state index contributed by atoms with van der Waals surface area (Å²) in [7, 11) is 0. The lowest BCUT2D eigenvalue weighted by Crippen LogP contribution is -2.42. The van der Waals surface area contributed by atoms with Crippen molar-refractivity contribution in [3.05, 3.63) is 65.7 Å². The molecule has 1 N–H and O–H groups in total. The van der Waals surface area contributed by atoms with E-state index in [1.54, 1.807) is 0 Å². The third kappa shape index (κ3) is 11.2. The lowest BCUT2D eigenvalue weighted by atomic mass is 9.98. The monoisotopic (exact) mass is 464 g/mol. The zero-order chi connectivity index (χ0) is 24.4. The number of aryl methyl sites for hydroxylation is 1. The lowest BCUT2D eigenvalue weighted by Gasteiger charge is -2.32. The minimum Gasteiger partial charge on any atom is -0.317 e. The molecule has 3 nitrogen and oxygen atoms in total. The molecule has 1 unspecified atom stereocenters. The smallest absolute Gasteiger partial charge is 0.317 e. The number of nitrogens with zero attached hydrogens (tertiary/aromatic N) is 1. The highest BCUT2D eigenvalue weighted by Gasteiger charge is 2.24. The Hall–Kier alpha value is -2.29. The predicted octanol–water partition coefficient (Wildman–Crippen LogP) is 9.51. The van der Waals surface area contributed by atoms with Crippen molar-refractivity contribution in [1.29, 1.82) is 0 Å². The second-order valence-corrected chi connectivity index (χ2v) is 9.82. The number of unbranched alkanes of at least 4 members (excludes halogenated alkanes) is 9. The van der Waals surface area contributed by atoms with Crippen molar-refractivity contribution < 1.29 is 4.79 Å². The molecule has 0 aromatic heterocycles. The van der Waals surface area contributed by atoms with Crippen LogP contribution >= 0.6 is 0 Å². The van der Waals surface area contributed by atoms with Gasteiger partial charge in [-0.25, -0.2) is 4.79 Å². The molecule has 0 saturated carbocycles. The molecule has 0 aliphatic carbocycles. The van der Waals surface area contributed by atoms with Gasteiger partial charge in [-0.15, -0.1) is 0 Å². The summed E-state index contributed by atoms with van der Waals surface area (Å²) in [6.45, 7) is 7.26. The number of rotatable bonds is 17. The SMILES string of the molecule is CCCCCCCCCC(CCCCCC)N(Cc1ccccc1)C(=O)Nc1ccc(C)cc1. The number of hydrogen-bond acceptors (Lipinski definition) is 1. The zero-order valence-corrected chi connectivity index (χ0v) is 22.0. The number of carbonyl (C=O) groups excluding carboxylic acids is 1. The maximum atomic E-state index is 13.6. The van der Waals surface area contributed by atoms with E-state index in [0.717, 1.165) is 18.5 Å². The third-order valence-corrected chi connectivity index (χ3v) is 6.73. The van der Waals surface area contributed by atoms with Crippen molar-refractivity contribution in [1.82, 2.24) is 4.90 Å². The van der Waals surface area contributed by atoms with Gasteiger partial charge in [0.15, 0.2) is 0 Å². The number of hydrogen-bond donors (Lipinski definition) is 1. The largest absolute Gasteiger partial charge is 0.322 e. The van der Waals surface area contributed by atoms with E-state index in [-0.39, 0.29) is 12.1 Å².